The fourth-order valence-corrected chi connectivity index (χ4v) is 6.34. The van der Waals surface area contributed by atoms with E-state index >= 15 is 0 Å². The van der Waals surface area contributed by atoms with Crippen molar-refractivity contribution < 1.29 is 19.4 Å². The number of nitrogens with two attached hydrogens (primary N) is 1. The molecular formula is C23H25NO4S2. The molecule has 2 aliphatic rings. The monoisotopic (exact) mass is 443 g/mol. The zero-order chi connectivity index (χ0) is 21.1. The summed E-state index contributed by atoms with van der Waals surface area (Å²) in [7, 11) is 1.62. The molecule has 0 amide bonds. The minimum absolute atomic E-state index is 0.00323. The molecule has 1 fully saturated rings. The highest BCUT2D eigenvalue weighted by Crippen LogP contribution is 2.46. The first-order valence-corrected chi connectivity index (χ1v) is 11.8. The lowest BCUT2D eigenvalue weighted by Crippen LogP contribution is -2.62. The summed E-state index contributed by atoms with van der Waals surface area (Å²) in [6, 6.07) is 17.2. The number of carbonyl (C=O) groups is 1. The van der Waals surface area contributed by atoms with Crippen molar-refractivity contribution in [1.82, 2.24) is 0 Å². The molecular weight excluding hydrogens is 418 g/mol. The van der Waals surface area contributed by atoms with Gasteiger partial charge in [0.2, 0.25) is 0 Å². The number of hydrogen-bond acceptors (Lipinski definition) is 7. The SMILES string of the molecule is COc1ccc(COC(O)C2=C(CSc3ccccc3)CS[C@H]3C2C(=O)[C@H]3N)cc1. The third-order valence-corrected chi connectivity index (χ3v) is 8.06. The Bertz CT molecular complexity index is 917. The molecule has 4 atom stereocenters. The van der Waals surface area contributed by atoms with E-state index < -0.39 is 12.3 Å². The zero-order valence-electron chi connectivity index (χ0n) is 16.7. The van der Waals surface area contributed by atoms with E-state index in [1.165, 1.54) is 0 Å². The molecule has 30 heavy (non-hydrogen) atoms. The maximum absolute atomic E-state index is 12.5. The molecule has 0 radical (unpaired) electrons. The number of Topliss-reactive ketones (excluding diaryl/α,β-unsaturated/α-hetero) is 1. The molecule has 2 unspecified atom stereocenters. The van der Waals surface area contributed by atoms with Gasteiger partial charge in [-0.05, 0) is 41.0 Å². The van der Waals surface area contributed by atoms with E-state index in [-0.39, 0.29) is 23.6 Å². The summed E-state index contributed by atoms with van der Waals surface area (Å²) in [6.45, 7) is 0.249. The van der Waals surface area contributed by atoms with Crippen molar-refractivity contribution in [2.75, 3.05) is 18.6 Å². The van der Waals surface area contributed by atoms with E-state index in [0.717, 1.165) is 27.5 Å². The quantitative estimate of drug-likeness (QED) is 0.368. The standard InChI is InChI=1S/C23H25NO4S2/c1-27-16-9-7-14(8-10-16)11-28-23(26)18-15(12-29-17-5-3-2-4-6-17)13-30-22-19(18)21(25)20(22)24/h2-10,19-20,22-23,26H,11-13,24H2,1H3/t19?,20-,22+,23?/m1/s1. The van der Waals surface area contributed by atoms with Gasteiger partial charge in [-0.25, -0.2) is 0 Å². The predicted molar refractivity (Wildman–Crippen MR) is 121 cm³/mol. The van der Waals surface area contributed by atoms with Gasteiger partial charge in [-0.15, -0.1) is 11.8 Å². The summed E-state index contributed by atoms with van der Waals surface area (Å²) in [5.41, 5.74) is 8.71. The van der Waals surface area contributed by atoms with Crippen LogP contribution >= 0.6 is 23.5 Å². The Morgan fingerprint density at radius 2 is 1.93 bits per heavy atom. The first-order chi connectivity index (χ1) is 14.6. The van der Waals surface area contributed by atoms with Crippen molar-refractivity contribution in [3.8, 4) is 5.75 Å². The van der Waals surface area contributed by atoms with Crippen molar-refractivity contribution in [3.63, 3.8) is 0 Å². The highest BCUT2D eigenvalue weighted by Gasteiger charge is 2.53. The van der Waals surface area contributed by atoms with Gasteiger partial charge < -0.3 is 20.3 Å². The van der Waals surface area contributed by atoms with E-state index in [2.05, 4.69) is 12.1 Å². The van der Waals surface area contributed by atoms with Gasteiger partial charge >= 0.3 is 0 Å². The number of aliphatic hydroxyl groups excluding tert-OH is 1. The van der Waals surface area contributed by atoms with E-state index in [9.17, 15) is 9.90 Å². The minimum atomic E-state index is -1.12. The Hall–Kier alpha value is -1.77. The van der Waals surface area contributed by atoms with Crippen molar-refractivity contribution in [2.45, 2.75) is 29.1 Å². The van der Waals surface area contributed by atoms with E-state index in [0.29, 0.717) is 11.3 Å². The fraction of sp³-hybridized carbons (Fsp3) is 0.348. The molecule has 1 aliphatic heterocycles. The Balaban J connectivity index is 1.50. The van der Waals surface area contributed by atoms with Gasteiger partial charge in [0, 0.05) is 21.7 Å². The van der Waals surface area contributed by atoms with Gasteiger partial charge in [0.25, 0.3) is 0 Å². The molecule has 2 aromatic rings. The number of ether oxygens (including phenoxy) is 2. The van der Waals surface area contributed by atoms with Crippen LogP contribution in [0, 0.1) is 5.92 Å². The summed E-state index contributed by atoms with van der Waals surface area (Å²) in [4.78, 5) is 13.7. The number of carbonyl (C=O) groups excluding carboxylic acids is 1. The molecule has 1 saturated carbocycles. The topological polar surface area (TPSA) is 81.8 Å². The second-order valence-corrected chi connectivity index (χ2v) is 9.57. The first kappa shape index (κ1) is 21.5. The van der Waals surface area contributed by atoms with Crippen LogP contribution in [0.1, 0.15) is 5.56 Å². The molecule has 7 heteroatoms. The first-order valence-electron chi connectivity index (χ1n) is 9.81. The summed E-state index contributed by atoms with van der Waals surface area (Å²) in [6.07, 6.45) is -1.12. The summed E-state index contributed by atoms with van der Waals surface area (Å²) in [5, 5.41) is 10.9. The van der Waals surface area contributed by atoms with Crippen LogP contribution < -0.4 is 10.5 Å². The minimum Gasteiger partial charge on any atom is -0.497 e. The fourth-order valence-electron chi connectivity index (χ4n) is 3.78. The van der Waals surface area contributed by atoms with Crippen LogP contribution in [0.25, 0.3) is 0 Å². The van der Waals surface area contributed by atoms with Gasteiger partial charge in [0.15, 0.2) is 12.1 Å². The summed E-state index contributed by atoms with van der Waals surface area (Å²) in [5.74, 6) is 1.87. The Kier molecular flexibility index (Phi) is 6.85. The second-order valence-electron chi connectivity index (χ2n) is 7.35. The Labute approximate surface area is 185 Å². The maximum atomic E-state index is 12.5. The molecule has 0 aromatic heterocycles. The lowest BCUT2D eigenvalue weighted by Gasteiger charge is -2.46. The van der Waals surface area contributed by atoms with Crippen LogP contribution in [0.5, 0.6) is 5.75 Å². The van der Waals surface area contributed by atoms with Gasteiger partial charge in [0.05, 0.1) is 25.7 Å². The molecule has 2 aromatic carbocycles. The molecule has 0 saturated heterocycles. The van der Waals surface area contributed by atoms with Crippen LogP contribution in [0.2, 0.25) is 0 Å². The number of thioether (sulfide) groups is 2. The van der Waals surface area contributed by atoms with Crippen LogP contribution in [-0.2, 0) is 16.1 Å². The lowest BCUT2D eigenvalue weighted by molar-refractivity contribution is -0.133. The molecule has 4 rings (SSSR count). The van der Waals surface area contributed by atoms with E-state index in [1.807, 2.05) is 42.5 Å². The Morgan fingerprint density at radius 3 is 2.63 bits per heavy atom. The molecule has 158 valence electrons. The zero-order valence-corrected chi connectivity index (χ0v) is 18.3. The molecule has 1 aliphatic carbocycles. The van der Waals surface area contributed by atoms with Crippen LogP contribution in [0.15, 0.2) is 70.6 Å². The highest BCUT2D eigenvalue weighted by molar-refractivity contribution is 8.01. The number of hydrogen-bond donors (Lipinski definition) is 2. The smallest absolute Gasteiger partial charge is 0.178 e. The molecule has 3 N–H and O–H groups in total. The second kappa shape index (κ2) is 9.58. The maximum Gasteiger partial charge on any atom is 0.178 e. The number of methoxy groups -OCH3 is 1. The lowest BCUT2D eigenvalue weighted by atomic mass is 9.72. The van der Waals surface area contributed by atoms with Crippen LogP contribution in [0.3, 0.4) is 0 Å². The summed E-state index contributed by atoms with van der Waals surface area (Å²) >= 11 is 3.41. The molecule has 1 heterocycles. The van der Waals surface area contributed by atoms with Crippen molar-refractivity contribution in [2.24, 2.45) is 11.7 Å². The average Bonchev–Trinajstić information content (AvgIpc) is 2.81. The van der Waals surface area contributed by atoms with Crippen molar-refractivity contribution in [3.05, 3.63) is 71.3 Å². The van der Waals surface area contributed by atoms with Gasteiger partial charge in [0.1, 0.15) is 5.75 Å². The predicted octanol–water partition coefficient (Wildman–Crippen LogP) is 3.26. The third-order valence-electron chi connectivity index (χ3n) is 5.50. The number of fused-ring (bicyclic) bond motifs is 1. The van der Waals surface area contributed by atoms with Gasteiger partial charge in [-0.1, -0.05) is 30.3 Å². The van der Waals surface area contributed by atoms with Gasteiger partial charge in [-0.3, -0.25) is 4.79 Å². The largest absolute Gasteiger partial charge is 0.497 e. The van der Waals surface area contributed by atoms with E-state index in [1.54, 1.807) is 30.6 Å². The number of aliphatic hydroxyl groups is 1. The summed E-state index contributed by atoms with van der Waals surface area (Å²) < 4.78 is 11.0. The normalized spacial score (nSPS) is 24.2. The van der Waals surface area contributed by atoms with Crippen LogP contribution in [-0.4, -0.2) is 47.1 Å². The van der Waals surface area contributed by atoms with Crippen molar-refractivity contribution in [1.29, 1.82) is 0 Å². The number of rotatable bonds is 8. The van der Waals surface area contributed by atoms with Crippen LogP contribution in [0.4, 0.5) is 0 Å². The Morgan fingerprint density at radius 1 is 1.20 bits per heavy atom. The highest BCUT2D eigenvalue weighted by atomic mass is 32.2. The number of benzene rings is 2. The molecule has 0 bridgehead atoms. The average molecular weight is 444 g/mol. The molecule has 0 spiro atoms. The number of ketones is 1. The van der Waals surface area contributed by atoms with Gasteiger partial charge in [-0.2, -0.15) is 11.8 Å². The van der Waals surface area contributed by atoms with E-state index in [4.69, 9.17) is 15.2 Å². The molecule has 5 nitrogen and oxygen atoms in total. The van der Waals surface area contributed by atoms with Crippen molar-refractivity contribution >= 4 is 29.3 Å². The third kappa shape index (κ3) is 4.45.